The minimum atomic E-state index is 0.843. The number of aromatic nitrogens is 1. The maximum atomic E-state index is 4.23. The number of halogens is 1. The van der Waals surface area contributed by atoms with Crippen LogP contribution in [0.4, 0.5) is 5.82 Å². The Bertz CT molecular complexity index is 304. The summed E-state index contributed by atoms with van der Waals surface area (Å²) in [4.78, 5) is 4.23. The van der Waals surface area contributed by atoms with Crippen molar-refractivity contribution in [3.63, 3.8) is 0 Å². The van der Waals surface area contributed by atoms with Gasteiger partial charge in [0.2, 0.25) is 0 Å². The minimum absolute atomic E-state index is 0.843. The Kier molecular flexibility index (Phi) is 4.21. The van der Waals surface area contributed by atoms with Crippen LogP contribution in [-0.4, -0.2) is 11.5 Å². The van der Waals surface area contributed by atoms with Crippen LogP contribution in [0.2, 0.25) is 0 Å². The Morgan fingerprint density at radius 3 is 3.00 bits per heavy atom. The van der Waals surface area contributed by atoms with Crippen molar-refractivity contribution < 1.29 is 0 Å². The summed E-state index contributed by atoms with van der Waals surface area (Å²) in [7, 11) is 0. The zero-order valence-corrected chi connectivity index (χ0v) is 10.00. The average molecular weight is 288 g/mol. The lowest BCUT2D eigenvalue weighted by Gasteiger charge is -2.03. The van der Waals surface area contributed by atoms with Crippen LogP contribution in [0.3, 0.4) is 0 Å². The molecule has 1 heterocycles. The molecule has 0 fully saturated rings. The number of nitrogens with one attached hydrogen (secondary N) is 1. The highest BCUT2D eigenvalue weighted by molar-refractivity contribution is 14.1. The molecule has 2 nitrogen and oxygen atoms in total. The van der Waals surface area contributed by atoms with Gasteiger partial charge in [-0.25, -0.2) is 4.98 Å². The second-order valence-corrected chi connectivity index (χ2v) is 4.16. The van der Waals surface area contributed by atoms with Crippen molar-refractivity contribution in [2.75, 3.05) is 11.9 Å². The smallest absolute Gasteiger partial charge is 0.139 e. The molecule has 3 heteroatoms. The maximum absolute atomic E-state index is 4.23. The van der Waals surface area contributed by atoms with Crippen molar-refractivity contribution in [1.29, 1.82) is 0 Å². The van der Waals surface area contributed by atoms with E-state index < -0.39 is 0 Å². The summed E-state index contributed by atoms with van der Waals surface area (Å²) in [5.74, 6) is 0.959. The molecule has 0 aliphatic rings. The van der Waals surface area contributed by atoms with Gasteiger partial charge in [0.25, 0.3) is 0 Å². The van der Waals surface area contributed by atoms with E-state index in [1.165, 1.54) is 5.57 Å². The fraction of sp³-hybridized carbons (Fsp3) is 0.300. The molecule has 0 saturated heterocycles. The second kappa shape index (κ2) is 5.21. The highest BCUT2D eigenvalue weighted by atomic mass is 127. The van der Waals surface area contributed by atoms with Crippen LogP contribution in [0.5, 0.6) is 0 Å². The molecule has 0 aliphatic carbocycles. The van der Waals surface area contributed by atoms with E-state index in [1.807, 2.05) is 12.1 Å². The monoisotopic (exact) mass is 288 g/mol. The number of hydrogen-bond acceptors (Lipinski definition) is 2. The van der Waals surface area contributed by atoms with Crippen LogP contribution in [0.1, 0.15) is 13.8 Å². The third-order valence-corrected chi connectivity index (χ3v) is 2.41. The zero-order valence-electron chi connectivity index (χ0n) is 7.84. The summed E-state index contributed by atoms with van der Waals surface area (Å²) in [5.41, 5.74) is 1.32. The molecule has 1 rings (SSSR count). The van der Waals surface area contributed by atoms with E-state index in [9.17, 15) is 0 Å². The first-order chi connectivity index (χ1) is 6.20. The number of nitrogens with zero attached hydrogens (tertiary/aromatic N) is 1. The van der Waals surface area contributed by atoms with Gasteiger partial charge in [-0.2, -0.15) is 0 Å². The number of rotatable bonds is 3. The summed E-state index contributed by atoms with van der Waals surface area (Å²) >= 11 is 2.27. The van der Waals surface area contributed by atoms with E-state index in [0.717, 1.165) is 15.9 Å². The Morgan fingerprint density at radius 1 is 1.62 bits per heavy atom. The number of pyridine rings is 1. The fourth-order valence-electron chi connectivity index (χ4n) is 0.868. The summed E-state index contributed by atoms with van der Waals surface area (Å²) in [6.45, 7) is 5.02. The SMILES string of the molecule is CC(C)=CCNc1ncccc1I. The van der Waals surface area contributed by atoms with E-state index in [-0.39, 0.29) is 0 Å². The minimum Gasteiger partial charge on any atom is -0.366 e. The fourth-order valence-corrected chi connectivity index (χ4v) is 1.41. The molecule has 0 aromatic carbocycles. The molecule has 1 aromatic rings. The number of hydrogen-bond donors (Lipinski definition) is 1. The molecule has 70 valence electrons. The molecule has 0 amide bonds. The zero-order chi connectivity index (χ0) is 9.68. The standard InChI is InChI=1S/C10H13IN2/c1-8(2)5-7-13-10-9(11)4-3-6-12-10/h3-6H,7H2,1-2H3,(H,12,13). The molecular formula is C10H13IN2. The van der Waals surface area contributed by atoms with Crippen LogP contribution in [0.25, 0.3) is 0 Å². The van der Waals surface area contributed by atoms with Crippen LogP contribution < -0.4 is 5.32 Å². The van der Waals surface area contributed by atoms with Crippen LogP contribution in [0, 0.1) is 3.57 Å². The normalized spacial score (nSPS) is 9.46. The summed E-state index contributed by atoms with van der Waals surface area (Å²) < 4.78 is 1.15. The molecule has 0 unspecified atom stereocenters. The Labute approximate surface area is 92.6 Å². The second-order valence-electron chi connectivity index (χ2n) is 3.00. The average Bonchev–Trinajstić information content (AvgIpc) is 2.08. The quantitative estimate of drug-likeness (QED) is 0.683. The molecular weight excluding hydrogens is 275 g/mol. The van der Waals surface area contributed by atoms with Crippen molar-refractivity contribution >= 4 is 28.4 Å². The van der Waals surface area contributed by atoms with E-state index in [2.05, 4.69) is 52.8 Å². The third kappa shape index (κ3) is 3.76. The Morgan fingerprint density at radius 2 is 2.38 bits per heavy atom. The van der Waals surface area contributed by atoms with E-state index in [1.54, 1.807) is 6.20 Å². The largest absolute Gasteiger partial charge is 0.366 e. The Hall–Kier alpha value is -0.580. The predicted octanol–water partition coefficient (Wildman–Crippen LogP) is 3.06. The number of allylic oxidation sites excluding steroid dienone is 1. The number of anilines is 1. The molecule has 0 atom stereocenters. The first kappa shape index (κ1) is 10.5. The van der Waals surface area contributed by atoms with E-state index >= 15 is 0 Å². The third-order valence-electron chi connectivity index (χ3n) is 1.54. The van der Waals surface area contributed by atoms with Crippen LogP contribution in [-0.2, 0) is 0 Å². The molecule has 0 aliphatic heterocycles. The van der Waals surface area contributed by atoms with E-state index in [4.69, 9.17) is 0 Å². The molecule has 0 bridgehead atoms. The lowest BCUT2D eigenvalue weighted by molar-refractivity contribution is 1.19. The summed E-state index contributed by atoms with van der Waals surface area (Å²) in [5, 5.41) is 3.25. The highest BCUT2D eigenvalue weighted by Crippen LogP contribution is 2.13. The summed E-state index contributed by atoms with van der Waals surface area (Å²) in [6, 6.07) is 3.98. The lowest BCUT2D eigenvalue weighted by Crippen LogP contribution is -2.02. The van der Waals surface area contributed by atoms with Crippen molar-refractivity contribution in [1.82, 2.24) is 4.98 Å². The van der Waals surface area contributed by atoms with Crippen molar-refractivity contribution in [2.24, 2.45) is 0 Å². The van der Waals surface area contributed by atoms with Gasteiger partial charge in [-0.15, -0.1) is 0 Å². The molecule has 0 saturated carbocycles. The van der Waals surface area contributed by atoms with Gasteiger partial charge in [-0.05, 0) is 48.6 Å². The molecule has 1 N–H and O–H groups in total. The van der Waals surface area contributed by atoms with Gasteiger partial charge in [0.1, 0.15) is 5.82 Å². The molecule has 0 spiro atoms. The van der Waals surface area contributed by atoms with Gasteiger partial charge in [-0.1, -0.05) is 11.6 Å². The van der Waals surface area contributed by atoms with E-state index in [0.29, 0.717) is 0 Å². The summed E-state index contributed by atoms with van der Waals surface area (Å²) in [6.07, 6.45) is 3.94. The first-order valence-corrected chi connectivity index (χ1v) is 5.26. The highest BCUT2D eigenvalue weighted by Gasteiger charge is 1.95. The van der Waals surface area contributed by atoms with Gasteiger partial charge in [-0.3, -0.25) is 0 Å². The van der Waals surface area contributed by atoms with Crippen LogP contribution >= 0.6 is 22.6 Å². The van der Waals surface area contributed by atoms with Gasteiger partial charge >= 0.3 is 0 Å². The Balaban J connectivity index is 2.55. The van der Waals surface area contributed by atoms with Crippen LogP contribution in [0.15, 0.2) is 30.0 Å². The topological polar surface area (TPSA) is 24.9 Å². The van der Waals surface area contributed by atoms with Crippen molar-refractivity contribution in [2.45, 2.75) is 13.8 Å². The molecule has 13 heavy (non-hydrogen) atoms. The van der Waals surface area contributed by atoms with Gasteiger partial charge in [0, 0.05) is 12.7 Å². The van der Waals surface area contributed by atoms with Crippen molar-refractivity contribution in [3.8, 4) is 0 Å². The van der Waals surface area contributed by atoms with Gasteiger partial charge < -0.3 is 5.32 Å². The molecule has 0 radical (unpaired) electrons. The maximum Gasteiger partial charge on any atom is 0.139 e. The lowest BCUT2D eigenvalue weighted by atomic mass is 10.3. The predicted molar refractivity (Wildman–Crippen MR) is 64.9 cm³/mol. The first-order valence-electron chi connectivity index (χ1n) is 4.18. The van der Waals surface area contributed by atoms with Gasteiger partial charge in [0.05, 0.1) is 3.57 Å². The van der Waals surface area contributed by atoms with Crippen molar-refractivity contribution in [3.05, 3.63) is 33.5 Å². The molecule has 1 aromatic heterocycles. The van der Waals surface area contributed by atoms with Gasteiger partial charge in [0.15, 0.2) is 0 Å².